The van der Waals surface area contributed by atoms with Gasteiger partial charge in [0.1, 0.15) is 0 Å². The number of piperidine rings is 1. The van der Waals surface area contributed by atoms with Crippen LogP contribution in [0.1, 0.15) is 37.4 Å². The Labute approximate surface area is 173 Å². The summed E-state index contributed by atoms with van der Waals surface area (Å²) in [7, 11) is -3.43. The van der Waals surface area contributed by atoms with Crippen molar-refractivity contribution >= 4 is 16.0 Å². The van der Waals surface area contributed by atoms with Crippen molar-refractivity contribution in [2.75, 3.05) is 19.6 Å². The van der Waals surface area contributed by atoms with Gasteiger partial charge in [-0.25, -0.2) is 13.4 Å². The van der Waals surface area contributed by atoms with Gasteiger partial charge in [-0.15, -0.1) is 0 Å². The van der Waals surface area contributed by atoms with Crippen LogP contribution in [-0.2, 0) is 23.1 Å². The van der Waals surface area contributed by atoms with Crippen LogP contribution in [0.2, 0.25) is 0 Å². The van der Waals surface area contributed by atoms with E-state index in [1.807, 2.05) is 31.2 Å². The van der Waals surface area contributed by atoms with Gasteiger partial charge in [-0.05, 0) is 49.6 Å². The summed E-state index contributed by atoms with van der Waals surface area (Å²) < 4.78 is 27.4. The minimum absolute atomic E-state index is 0.346. The molecule has 1 saturated heterocycles. The number of sulfonamides is 1. The van der Waals surface area contributed by atoms with Gasteiger partial charge in [-0.3, -0.25) is 4.98 Å². The normalized spacial score (nSPS) is 15.8. The average molecular weight is 416 g/mol. The van der Waals surface area contributed by atoms with Crippen molar-refractivity contribution in [1.29, 1.82) is 0 Å². The summed E-state index contributed by atoms with van der Waals surface area (Å²) in [5, 5.41) is 6.46. The SMILES string of the molecule is CCNC(=NCc1cccc(S(=O)(=O)N2CCCCC2)c1)NCc1ccccn1. The predicted molar refractivity (Wildman–Crippen MR) is 115 cm³/mol. The van der Waals surface area contributed by atoms with Crippen molar-refractivity contribution in [2.24, 2.45) is 4.99 Å². The lowest BCUT2D eigenvalue weighted by Gasteiger charge is -2.26. The quantitative estimate of drug-likeness (QED) is 0.536. The molecule has 2 N–H and O–H groups in total. The molecular weight excluding hydrogens is 386 g/mol. The van der Waals surface area contributed by atoms with Gasteiger partial charge in [-0.2, -0.15) is 4.31 Å². The molecule has 29 heavy (non-hydrogen) atoms. The molecule has 2 heterocycles. The largest absolute Gasteiger partial charge is 0.357 e. The van der Waals surface area contributed by atoms with E-state index in [-0.39, 0.29) is 0 Å². The minimum atomic E-state index is -3.43. The van der Waals surface area contributed by atoms with Crippen LogP contribution in [0.25, 0.3) is 0 Å². The highest BCUT2D eigenvalue weighted by Gasteiger charge is 2.25. The second-order valence-electron chi connectivity index (χ2n) is 6.98. The fraction of sp³-hybridized carbons (Fsp3) is 0.429. The zero-order valence-electron chi connectivity index (χ0n) is 16.8. The van der Waals surface area contributed by atoms with E-state index < -0.39 is 10.0 Å². The number of rotatable bonds is 7. The van der Waals surface area contributed by atoms with E-state index in [2.05, 4.69) is 20.6 Å². The molecule has 1 aliphatic rings. The Hall–Kier alpha value is -2.45. The molecule has 0 bridgehead atoms. The molecule has 0 radical (unpaired) electrons. The number of nitrogens with one attached hydrogen (secondary N) is 2. The lowest BCUT2D eigenvalue weighted by atomic mass is 10.2. The number of hydrogen-bond acceptors (Lipinski definition) is 4. The van der Waals surface area contributed by atoms with Gasteiger partial charge in [-0.1, -0.05) is 24.6 Å². The fourth-order valence-corrected chi connectivity index (χ4v) is 4.84. The average Bonchev–Trinajstić information content (AvgIpc) is 2.77. The highest BCUT2D eigenvalue weighted by Crippen LogP contribution is 2.21. The number of aliphatic imine (C=N–C) groups is 1. The molecule has 0 aliphatic carbocycles. The summed E-state index contributed by atoms with van der Waals surface area (Å²) in [5.74, 6) is 0.669. The number of guanidine groups is 1. The van der Waals surface area contributed by atoms with Crippen LogP contribution in [0, 0.1) is 0 Å². The third-order valence-electron chi connectivity index (χ3n) is 4.78. The van der Waals surface area contributed by atoms with E-state index >= 15 is 0 Å². The molecule has 156 valence electrons. The summed E-state index contributed by atoms with van der Waals surface area (Å²) in [4.78, 5) is 9.23. The molecule has 0 unspecified atom stereocenters. The fourth-order valence-electron chi connectivity index (χ4n) is 3.25. The van der Waals surface area contributed by atoms with E-state index in [1.54, 1.807) is 28.7 Å². The van der Waals surface area contributed by atoms with Gasteiger partial charge in [0.15, 0.2) is 5.96 Å². The minimum Gasteiger partial charge on any atom is -0.357 e. The van der Waals surface area contributed by atoms with E-state index in [0.717, 1.165) is 37.1 Å². The maximum Gasteiger partial charge on any atom is 0.243 e. The van der Waals surface area contributed by atoms with E-state index in [1.165, 1.54) is 0 Å². The third-order valence-corrected chi connectivity index (χ3v) is 6.67. The Balaban J connectivity index is 1.68. The molecule has 0 spiro atoms. The van der Waals surface area contributed by atoms with Crippen LogP contribution in [0.3, 0.4) is 0 Å². The van der Waals surface area contributed by atoms with Crippen molar-refractivity contribution in [2.45, 2.75) is 44.2 Å². The van der Waals surface area contributed by atoms with Crippen molar-refractivity contribution < 1.29 is 8.42 Å². The van der Waals surface area contributed by atoms with Gasteiger partial charge < -0.3 is 10.6 Å². The lowest BCUT2D eigenvalue weighted by Crippen LogP contribution is -2.37. The van der Waals surface area contributed by atoms with Gasteiger partial charge in [0.25, 0.3) is 0 Å². The standard InChI is InChI=1S/C21H29N5O2S/c1-2-22-21(25-17-19-10-4-5-12-23-19)24-16-18-9-8-11-20(15-18)29(27,28)26-13-6-3-7-14-26/h4-5,8-12,15H,2-3,6-7,13-14,16-17H2,1H3,(H2,22,24,25). The molecule has 1 aromatic carbocycles. The summed E-state index contributed by atoms with van der Waals surface area (Å²) in [5.41, 5.74) is 1.78. The number of pyridine rings is 1. The molecule has 0 atom stereocenters. The van der Waals surface area contributed by atoms with Gasteiger partial charge in [0.2, 0.25) is 10.0 Å². The van der Waals surface area contributed by atoms with E-state index in [4.69, 9.17) is 0 Å². The number of benzene rings is 1. The maximum atomic E-state index is 12.9. The first-order valence-corrected chi connectivity index (χ1v) is 11.5. The van der Waals surface area contributed by atoms with Crippen molar-refractivity contribution in [3.05, 3.63) is 59.9 Å². The van der Waals surface area contributed by atoms with Crippen LogP contribution in [0.15, 0.2) is 58.5 Å². The van der Waals surface area contributed by atoms with Crippen molar-refractivity contribution in [1.82, 2.24) is 19.9 Å². The highest BCUT2D eigenvalue weighted by atomic mass is 32.2. The Morgan fingerprint density at radius 3 is 2.66 bits per heavy atom. The number of aromatic nitrogens is 1. The molecular formula is C21H29N5O2S. The Morgan fingerprint density at radius 2 is 1.93 bits per heavy atom. The Bertz CT molecular complexity index is 910. The van der Waals surface area contributed by atoms with Crippen LogP contribution in [-0.4, -0.2) is 43.3 Å². The highest BCUT2D eigenvalue weighted by molar-refractivity contribution is 7.89. The maximum absolute atomic E-state index is 12.9. The molecule has 8 heteroatoms. The summed E-state index contributed by atoms with van der Waals surface area (Å²) in [6.45, 7) is 4.90. The second kappa shape index (κ2) is 10.4. The smallest absolute Gasteiger partial charge is 0.243 e. The van der Waals surface area contributed by atoms with Crippen molar-refractivity contribution in [3.63, 3.8) is 0 Å². The molecule has 0 amide bonds. The van der Waals surface area contributed by atoms with E-state index in [9.17, 15) is 8.42 Å². The van der Waals surface area contributed by atoms with Crippen LogP contribution in [0.4, 0.5) is 0 Å². The number of hydrogen-bond donors (Lipinski definition) is 2. The predicted octanol–water partition coefficient (Wildman–Crippen LogP) is 2.51. The lowest BCUT2D eigenvalue weighted by molar-refractivity contribution is 0.346. The monoisotopic (exact) mass is 415 g/mol. The molecule has 1 fully saturated rings. The molecule has 3 rings (SSSR count). The summed E-state index contributed by atoms with van der Waals surface area (Å²) in [6.07, 6.45) is 4.71. The number of nitrogens with zero attached hydrogens (tertiary/aromatic N) is 3. The first-order valence-electron chi connectivity index (χ1n) is 10.1. The first-order chi connectivity index (χ1) is 14.1. The Morgan fingerprint density at radius 1 is 1.10 bits per heavy atom. The van der Waals surface area contributed by atoms with Gasteiger partial charge in [0.05, 0.1) is 23.7 Å². The molecule has 7 nitrogen and oxygen atoms in total. The topological polar surface area (TPSA) is 86.7 Å². The first kappa shape index (κ1) is 21.3. The second-order valence-corrected chi connectivity index (χ2v) is 8.92. The molecule has 0 saturated carbocycles. The Kier molecular flexibility index (Phi) is 7.60. The summed E-state index contributed by atoms with van der Waals surface area (Å²) in [6, 6.07) is 12.9. The third kappa shape index (κ3) is 6.01. The van der Waals surface area contributed by atoms with Crippen LogP contribution >= 0.6 is 0 Å². The molecule has 2 aromatic rings. The summed E-state index contributed by atoms with van der Waals surface area (Å²) >= 11 is 0. The molecule has 1 aliphatic heterocycles. The van der Waals surface area contributed by atoms with Crippen LogP contribution < -0.4 is 10.6 Å². The van der Waals surface area contributed by atoms with Crippen LogP contribution in [0.5, 0.6) is 0 Å². The van der Waals surface area contributed by atoms with E-state index in [0.29, 0.717) is 37.0 Å². The zero-order chi connectivity index (χ0) is 20.5. The van der Waals surface area contributed by atoms with Gasteiger partial charge in [0, 0.05) is 25.8 Å². The van der Waals surface area contributed by atoms with Gasteiger partial charge >= 0.3 is 0 Å². The van der Waals surface area contributed by atoms with Crippen molar-refractivity contribution in [3.8, 4) is 0 Å². The molecule has 1 aromatic heterocycles. The zero-order valence-corrected chi connectivity index (χ0v) is 17.7.